The van der Waals surface area contributed by atoms with Crippen molar-refractivity contribution in [1.29, 1.82) is 0 Å². The molecule has 0 unspecified atom stereocenters. The van der Waals surface area contributed by atoms with Gasteiger partial charge in [-0.15, -0.1) is 11.8 Å². The van der Waals surface area contributed by atoms with Crippen LogP contribution in [0.4, 0.5) is 10.1 Å². The minimum Gasteiger partial charge on any atom is -0.465 e. The summed E-state index contributed by atoms with van der Waals surface area (Å²) in [6.07, 6.45) is 0. The summed E-state index contributed by atoms with van der Waals surface area (Å²) in [5.74, 6) is -2.15. The number of hydrogen-bond donors (Lipinski definition) is 0. The summed E-state index contributed by atoms with van der Waals surface area (Å²) in [6.45, 7) is 0. The number of thioether (sulfide) groups is 1. The number of halogens is 2. The van der Waals surface area contributed by atoms with Crippen molar-refractivity contribution in [2.24, 2.45) is 0 Å². The average Bonchev–Trinajstić information content (AvgIpc) is 3.07. The van der Waals surface area contributed by atoms with E-state index in [-0.39, 0.29) is 39.1 Å². The van der Waals surface area contributed by atoms with Crippen LogP contribution in [0.3, 0.4) is 0 Å². The molecule has 1 saturated heterocycles. The van der Waals surface area contributed by atoms with E-state index in [1.807, 2.05) is 0 Å². The van der Waals surface area contributed by atoms with Crippen molar-refractivity contribution < 1.29 is 28.2 Å². The Kier molecular flexibility index (Phi) is 5.90. The van der Waals surface area contributed by atoms with Crippen molar-refractivity contribution in [3.05, 3.63) is 63.9 Å². The summed E-state index contributed by atoms with van der Waals surface area (Å²) >= 11 is 7.37. The monoisotopic (exact) mass is 423 g/mol. The molecule has 1 amide bonds. The Labute approximate surface area is 169 Å². The van der Waals surface area contributed by atoms with Gasteiger partial charge in [-0.1, -0.05) is 17.7 Å². The molecule has 0 spiro atoms. The van der Waals surface area contributed by atoms with Crippen molar-refractivity contribution in [3.8, 4) is 0 Å². The van der Waals surface area contributed by atoms with Gasteiger partial charge in [0.05, 0.1) is 31.1 Å². The number of anilines is 1. The predicted molar refractivity (Wildman–Crippen MR) is 103 cm³/mol. The molecule has 2 aromatic rings. The van der Waals surface area contributed by atoms with E-state index < -0.39 is 23.1 Å². The molecule has 1 heterocycles. The Bertz CT molecular complexity index is 913. The Morgan fingerprint density at radius 3 is 2.29 bits per heavy atom. The van der Waals surface area contributed by atoms with Crippen LogP contribution in [0.15, 0.2) is 36.4 Å². The van der Waals surface area contributed by atoms with Gasteiger partial charge in [0.1, 0.15) is 11.2 Å². The Morgan fingerprint density at radius 1 is 1.14 bits per heavy atom. The fraction of sp³-hybridized carbons (Fsp3) is 0.211. The van der Waals surface area contributed by atoms with Gasteiger partial charge < -0.3 is 9.47 Å². The number of nitrogens with zero attached hydrogens (tertiary/aromatic N) is 1. The molecule has 0 radical (unpaired) electrons. The van der Waals surface area contributed by atoms with Gasteiger partial charge in [0.2, 0.25) is 5.91 Å². The molecule has 0 N–H and O–H groups in total. The Morgan fingerprint density at radius 2 is 1.75 bits per heavy atom. The van der Waals surface area contributed by atoms with Crippen LogP contribution in [0.5, 0.6) is 0 Å². The zero-order valence-corrected chi connectivity index (χ0v) is 16.5. The summed E-state index contributed by atoms with van der Waals surface area (Å²) in [5.41, 5.74) is 0.512. The first kappa shape index (κ1) is 20.2. The average molecular weight is 424 g/mol. The molecule has 9 heteroatoms. The molecule has 1 aliphatic rings. The standard InChI is InChI=1S/C19H15ClFNO5S/c1-26-18(24)10-6-11(19(25)27-2)8-12(7-10)22-15(23)9-28-17(22)16-13(20)4-3-5-14(16)21/h3-8,17H,9H2,1-2H3/t17-/m1/s1. The van der Waals surface area contributed by atoms with E-state index >= 15 is 0 Å². The number of ether oxygens (including phenoxy) is 2. The number of carbonyl (C=O) groups is 3. The SMILES string of the molecule is COC(=O)c1cc(C(=O)OC)cc(N2C(=O)CS[C@@H]2c2c(F)cccc2Cl)c1. The fourth-order valence-corrected chi connectivity index (χ4v) is 4.45. The van der Waals surface area contributed by atoms with Gasteiger partial charge in [-0.3, -0.25) is 9.69 Å². The number of methoxy groups -OCH3 is 2. The molecule has 0 saturated carbocycles. The minimum atomic E-state index is -0.750. The molecule has 28 heavy (non-hydrogen) atoms. The highest BCUT2D eigenvalue weighted by Gasteiger charge is 2.37. The van der Waals surface area contributed by atoms with Crippen LogP contribution in [0.2, 0.25) is 5.02 Å². The lowest BCUT2D eigenvalue weighted by Crippen LogP contribution is -2.29. The maximum Gasteiger partial charge on any atom is 0.337 e. The molecule has 1 aliphatic heterocycles. The largest absolute Gasteiger partial charge is 0.465 e. The van der Waals surface area contributed by atoms with Crippen molar-refractivity contribution in [3.63, 3.8) is 0 Å². The lowest BCUT2D eigenvalue weighted by molar-refractivity contribution is -0.115. The van der Waals surface area contributed by atoms with E-state index in [2.05, 4.69) is 0 Å². The molecule has 1 atom stereocenters. The normalized spacial score (nSPS) is 16.2. The van der Waals surface area contributed by atoms with Gasteiger partial charge in [0.25, 0.3) is 0 Å². The first-order valence-corrected chi connectivity index (χ1v) is 9.49. The Balaban J connectivity index is 2.15. The van der Waals surface area contributed by atoms with Crippen LogP contribution in [0, 0.1) is 5.82 Å². The number of hydrogen-bond acceptors (Lipinski definition) is 6. The predicted octanol–water partition coefficient (Wildman–Crippen LogP) is 3.83. The van der Waals surface area contributed by atoms with Crippen LogP contribution in [-0.2, 0) is 14.3 Å². The number of rotatable bonds is 4. The maximum atomic E-state index is 14.5. The van der Waals surface area contributed by atoms with Crippen LogP contribution in [0.25, 0.3) is 0 Å². The molecule has 1 fully saturated rings. The fourth-order valence-electron chi connectivity index (χ4n) is 2.89. The van der Waals surface area contributed by atoms with Crippen molar-refractivity contribution in [1.82, 2.24) is 0 Å². The van der Waals surface area contributed by atoms with Crippen molar-refractivity contribution >= 4 is 46.9 Å². The van der Waals surface area contributed by atoms with Crippen LogP contribution in [0.1, 0.15) is 31.7 Å². The topological polar surface area (TPSA) is 72.9 Å². The molecule has 0 bridgehead atoms. The van der Waals surface area contributed by atoms with E-state index in [9.17, 15) is 18.8 Å². The molecular formula is C19H15ClFNO5S. The Hall–Kier alpha value is -2.58. The molecular weight excluding hydrogens is 409 g/mol. The molecule has 0 aromatic heterocycles. The van der Waals surface area contributed by atoms with Crippen LogP contribution < -0.4 is 4.90 Å². The van der Waals surface area contributed by atoms with E-state index in [0.717, 1.165) is 0 Å². The highest BCUT2D eigenvalue weighted by atomic mass is 35.5. The highest BCUT2D eigenvalue weighted by molar-refractivity contribution is 8.00. The van der Waals surface area contributed by atoms with Gasteiger partial charge in [0, 0.05) is 16.3 Å². The zero-order valence-electron chi connectivity index (χ0n) is 14.9. The second kappa shape index (κ2) is 8.20. The van der Waals surface area contributed by atoms with E-state index in [1.165, 1.54) is 67.3 Å². The first-order chi connectivity index (χ1) is 13.4. The van der Waals surface area contributed by atoms with Crippen molar-refractivity contribution in [2.75, 3.05) is 24.9 Å². The molecule has 2 aromatic carbocycles. The second-order valence-electron chi connectivity index (χ2n) is 5.81. The van der Waals surface area contributed by atoms with Gasteiger partial charge >= 0.3 is 11.9 Å². The highest BCUT2D eigenvalue weighted by Crippen LogP contribution is 2.45. The third-order valence-electron chi connectivity index (χ3n) is 4.15. The van der Waals surface area contributed by atoms with Crippen LogP contribution in [-0.4, -0.2) is 37.8 Å². The van der Waals surface area contributed by atoms with Gasteiger partial charge in [-0.25, -0.2) is 14.0 Å². The smallest absolute Gasteiger partial charge is 0.337 e. The number of benzene rings is 2. The summed E-state index contributed by atoms with van der Waals surface area (Å²) in [7, 11) is 2.40. The molecule has 6 nitrogen and oxygen atoms in total. The van der Waals surface area contributed by atoms with Gasteiger partial charge in [-0.2, -0.15) is 0 Å². The zero-order chi connectivity index (χ0) is 20.4. The van der Waals surface area contributed by atoms with E-state index in [1.54, 1.807) is 0 Å². The summed E-state index contributed by atoms with van der Waals surface area (Å²) in [4.78, 5) is 37.9. The first-order valence-electron chi connectivity index (χ1n) is 8.06. The quantitative estimate of drug-likeness (QED) is 0.696. The van der Waals surface area contributed by atoms with Gasteiger partial charge in [-0.05, 0) is 30.3 Å². The summed E-state index contributed by atoms with van der Waals surface area (Å²) in [6, 6.07) is 8.38. The molecule has 146 valence electrons. The number of carbonyl (C=O) groups excluding carboxylic acids is 3. The van der Waals surface area contributed by atoms with Crippen molar-refractivity contribution in [2.45, 2.75) is 5.37 Å². The minimum absolute atomic E-state index is 0.0588. The lowest BCUT2D eigenvalue weighted by atomic mass is 10.1. The maximum absolute atomic E-state index is 14.5. The second-order valence-corrected chi connectivity index (χ2v) is 7.29. The van der Waals surface area contributed by atoms with Gasteiger partial charge in [0.15, 0.2) is 0 Å². The third kappa shape index (κ3) is 3.70. The summed E-state index contributed by atoms with van der Waals surface area (Å²) in [5, 5.41) is -0.575. The lowest BCUT2D eigenvalue weighted by Gasteiger charge is -2.26. The molecule has 0 aliphatic carbocycles. The van der Waals surface area contributed by atoms with E-state index in [4.69, 9.17) is 21.1 Å². The summed E-state index contributed by atoms with van der Waals surface area (Å²) < 4.78 is 23.9. The molecule has 3 rings (SSSR count). The number of esters is 2. The number of amides is 1. The van der Waals surface area contributed by atoms with E-state index in [0.29, 0.717) is 0 Å². The van der Waals surface area contributed by atoms with Crippen LogP contribution >= 0.6 is 23.4 Å². The third-order valence-corrected chi connectivity index (χ3v) is 5.66.